The van der Waals surface area contributed by atoms with E-state index >= 15 is 0 Å². The Morgan fingerprint density at radius 2 is 1.68 bits per heavy atom. The van der Waals surface area contributed by atoms with Gasteiger partial charge in [0, 0.05) is 22.9 Å². The summed E-state index contributed by atoms with van der Waals surface area (Å²) in [7, 11) is 0. The van der Waals surface area contributed by atoms with Crippen LogP contribution in [0.15, 0.2) is 46.9 Å². The highest BCUT2D eigenvalue weighted by molar-refractivity contribution is 9.10. The van der Waals surface area contributed by atoms with E-state index in [1.54, 1.807) is 42.5 Å². The Morgan fingerprint density at radius 1 is 1.03 bits per heavy atom. The van der Waals surface area contributed by atoms with Gasteiger partial charge in [0.25, 0.3) is 11.8 Å². The first kappa shape index (κ1) is 24.8. The van der Waals surface area contributed by atoms with Crippen LogP contribution in [0.1, 0.15) is 54.8 Å². The van der Waals surface area contributed by atoms with E-state index < -0.39 is 0 Å². The fourth-order valence-electron chi connectivity index (χ4n) is 2.47. The maximum absolute atomic E-state index is 12.5. The minimum Gasteiger partial charge on any atom is -0.492 e. The molecule has 0 aromatic heterocycles. The molecule has 8 heteroatoms. The van der Waals surface area contributed by atoms with Crippen LogP contribution in [0.4, 0.5) is 5.69 Å². The number of amides is 2. The van der Waals surface area contributed by atoms with Gasteiger partial charge in [0.2, 0.25) is 0 Å². The van der Waals surface area contributed by atoms with Crippen molar-refractivity contribution in [2.75, 3.05) is 11.9 Å². The molecule has 2 aromatic rings. The molecule has 2 amide bonds. The molecule has 0 fully saturated rings. The lowest BCUT2D eigenvalue weighted by Gasteiger charge is -2.13. The summed E-state index contributed by atoms with van der Waals surface area (Å²) >= 11 is 8.68. The average Bonchev–Trinajstić information content (AvgIpc) is 2.72. The lowest BCUT2D eigenvalue weighted by Crippen LogP contribution is -2.34. The molecule has 1 atom stereocenters. The molecule has 0 aliphatic rings. The molecule has 0 aliphatic carbocycles. The fraction of sp³-hybridized carbons (Fsp3) is 0.348. The summed E-state index contributed by atoms with van der Waals surface area (Å²) in [6.07, 6.45) is 0.865. The highest BCUT2D eigenvalue weighted by Crippen LogP contribution is 2.26. The number of carbonyl (C=O) groups is 2. The van der Waals surface area contributed by atoms with E-state index in [4.69, 9.17) is 17.0 Å². The molecule has 0 saturated heterocycles. The van der Waals surface area contributed by atoms with Crippen LogP contribution < -0.4 is 20.7 Å². The molecule has 0 spiro atoms. The Balaban J connectivity index is 1.92. The van der Waals surface area contributed by atoms with Crippen LogP contribution in [0.5, 0.6) is 5.75 Å². The van der Waals surface area contributed by atoms with E-state index in [1.165, 1.54) is 0 Å². The molecule has 3 N–H and O–H groups in total. The van der Waals surface area contributed by atoms with Crippen molar-refractivity contribution in [2.45, 2.75) is 40.2 Å². The van der Waals surface area contributed by atoms with E-state index in [2.05, 4.69) is 45.7 Å². The molecular weight excluding hydrogens is 478 g/mol. The quantitative estimate of drug-likeness (QED) is 0.432. The Kier molecular flexibility index (Phi) is 9.45. The van der Waals surface area contributed by atoms with E-state index in [0.29, 0.717) is 39.6 Å². The van der Waals surface area contributed by atoms with E-state index in [1.807, 2.05) is 13.8 Å². The maximum atomic E-state index is 12.5. The zero-order valence-corrected chi connectivity index (χ0v) is 20.5. The number of nitrogens with one attached hydrogen (secondary N) is 3. The number of thiocarbonyl (C=S) groups is 1. The van der Waals surface area contributed by atoms with Crippen LogP contribution in [-0.2, 0) is 0 Å². The van der Waals surface area contributed by atoms with Crippen LogP contribution >= 0.6 is 28.1 Å². The van der Waals surface area contributed by atoms with Crippen molar-refractivity contribution in [3.63, 3.8) is 0 Å². The van der Waals surface area contributed by atoms with E-state index in [0.717, 1.165) is 6.42 Å². The third-order valence-corrected chi connectivity index (χ3v) is 5.21. The number of hydrogen-bond donors (Lipinski definition) is 3. The topological polar surface area (TPSA) is 79.5 Å². The third-order valence-electron chi connectivity index (χ3n) is 4.39. The highest BCUT2D eigenvalue weighted by Gasteiger charge is 2.12. The van der Waals surface area contributed by atoms with E-state index in [-0.39, 0.29) is 23.0 Å². The van der Waals surface area contributed by atoms with E-state index in [9.17, 15) is 9.59 Å². The van der Waals surface area contributed by atoms with Crippen molar-refractivity contribution < 1.29 is 14.3 Å². The van der Waals surface area contributed by atoms with Crippen molar-refractivity contribution in [1.82, 2.24) is 10.6 Å². The summed E-state index contributed by atoms with van der Waals surface area (Å²) < 4.78 is 6.40. The fourth-order valence-corrected chi connectivity index (χ4v) is 3.17. The van der Waals surface area contributed by atoms with Crippen LogP contribution in [0.3, 0.4) is 0 Å². The number of benzene rings is 2. The molecule has 0 bridgehead atoms. The van der Waals surface area contributed by atoms with Crippen molar-refractivity contribution in [3.8, 4) is 5.75 Å². The zero-order chi connectivity index (χ0) is 23.0. The summed E-state index contributed by atoms with van der Waals surface area (Å²) in [4.78, 5) is 24.6. The molecule has 6 nitrogen and oxygen atoms in total. The third kappa shape index (κ3) is 7.95. The first-order chi connectivity index (χ1) is 14.7. The Hall–Kier alpha value is -2.45. The van der Waals surface area contributed by atoms with Crippen molar-refractivity contribution >= 4 is 50.8 Å². The standard InChI is InChI=1S/C23H28BrN3O3S/c1-5-15(4)25-21(28)16-6-9-18(10-7-16)26-23(31)27-22(29)17-8-11-20(19(24)12-17)30-13-14(2)3/h6-12,14-15H,5,13H2,1-4H3,(H,25,28)(H2,26,27,29,31). The molecule has 0 saturated carbocycles. The lowest BCUT2D eigenvalue weighted by atomic mass is 10.1. The molecule has 0 aliphatic heterocycles. The van der Waals surface area contributed by atoms with Gasteiger partial charge < -0.3 is 15.4 Å². The first-order valence-electron chi connectivity index (χ1n) is 10.1. The Labute approximate surface area is 197 Å². The van der Waals surface area contributed by atoms with Gasteiger partial charge in [-0.1, -0.05) is 20.8 Å². The number of hydrogen-bond acceptors (Lipinski definition) is 4. The molecule has 2 aromatic carbocycles. The molecule has 0 radical (unpaired) electrons. The molecule has 2 rings (SSSR count). The number of ether oxygens (including phenoxy) is 1. The summed E-state index contributed by atoms with van der Waals surface area (Å²) in [5.41, 5.74) is 1.68. The minimum atomic E-state index is -0.335. The second-order valence-electron chi connectivity index (χ2n) is 7.62. The Bertz CT molecular complexity index is 932. The monoisotopic (exact) mass is 505 g/mol. The molecule has 31 heavy (non-hydrogen) atoms. The number of anilines is 1. The molecule has 1 unspecified atom stereocenters. The van der Waals surface area contributed by atoms with Crippen LogP contribution in [-0.4, -0.2) is 29.6 Å². The predicted molar refractivity (Wildman–Crippen MR) is 132 cm³/mol. The average molecular weight is 506 g/mol. The largest absolute Gasteiger partial charge is 0.492 e. The summed E-state index contributed by atoms with van der Waals surface area (Å²) in [5, 5.41) is 8.69. The van der Waals surface area contributed by atoms with Crippen LogP contribution in [0.2, 0.25) is 0 Å². The number of halogens is 1. The minimum absolute atomic E-state index is 0.115. The van der Waals surface area contributed by atoms with Gasteiger partial charge in [-0.3, -0.25) is 14.9 Å². The normalized spacial score (nSPS) is 11.5. The second kappa shape index (κ2) is 11.8. The number of carbonyl (C=O) groups excluding carboxylic acids is 2. The Morgan fingerprint density at radius 3 is 2.26 bits per heavy atom. The summed E-state index contributed by atoms with van der Waals surface area (Å²) in [5.74, 6) is 0.631. The van der Waals surface area contributed by atoms with Gasteiger partial charge in [0.15, 0.2) is 5.11 Å². The van der Waals surface area contributed by atoms with Crippen LogP contribution in [0, 0.1) is 5.92 Å². The second-order valence-corrected chi connectivity index (χ2v) is 8.88. The van der Waals surface area contributed by atoms with Gasteiger partial charge >= 0.3 is 0 Å². The van der Waals surface area contributed by atoms with Gasteiger partial charge in [-0.15, -0.1) is 0 Å². The van der Waals surface area contributed by atoms with Gasteiger partial charge in [0.1, 0.15) is 5.75 Å². The lowest BCUT2D eigenvalue weighted by molar-refractivity contribution is 0.0937. The van der Waals surface area contributed by atoms with Gasteiger partial charge in [-0.05, 0) is 89.9 Å². The van der Waals surface area contributed by atoms with Gasteiger partial charge in [-0.25, -0.2) is 0 Å². The summed E-state index contributed by atoms with van der Waals surface area (Å²) in [6.45, 7) is 8.70. The summed E-state index contributed by atoms with van der Waals surface area (Å²) in [6, 6.07) is 12.1. The zero-order valence-electron chi connectivity index (χ0n) is 18.1. The van der Waals surface area contributed by atoms with Crippen molar-refractivity contribution in [1.29, 1.82) is 0 Å². The smallest absolute Gasteiger partial charge is 0.257 e. The highest BCUT2D eigenvalue weighted by atomic mass is 79.9. The number of rotatable bonds is 8. The molecule has 166 valence electrons. The van der Waals surface area contributed by atoms with Crippen molar-refractivity contribution in [3.05, 3.63) is 58.1 Å². The van der Waals surface area contributed by atoms with Crippen LogP contribution in [0.25, 0.3) is 0 Å². The SMILES string of the molecule is CCC(C)NC(=O)c1ccc(NC(=S)NC(=O)c2ccc(OCC(C)C)c(Br)c2)cc1. The van der Waals surface area contributed by atoms with Crippen molar-refractivity contribution in [2.24, 2.45) is 5.92 Å². The predicted octanol–water partition coefficient (Wildman–Crippen LogP) is 5.14. The molecule has 0 heterocycles. The van der Waals surface area contributed by atoms with Gasteiger partial charge in [0.05, 0.1) is 11.1 Å². The maximum Gasteiger partial charge on any atom is 0.257 e. The molecular formula is C23H28BrN3O3S. The first-order valence-corrected chi connectivity index (χ1v) is 11.3. The van der Waals surface area contributed by atoms with Gasteiger partial charge in [-0.2, -0.15) is 0 Å².